The number of para-hydroxylation sites is 1. The van der Waals surface area contributed by atoms with Gasteiger partial charge in [0.25, 0.3) is 5.56 Å². The number of aromatic nitrogens is 2. The Hall–Kier alpha value is -3.03. The van der Waals surface area contributed by atoms with Gasteiger partial charge in [0.05, 0.1) is 25.0 Å². The highest BCUT2D eigenvalue weighted by atomic mass is 35.5. The smallest absolute Gasteiger partial charge is 0.334 e. The minimum atomic E-state index is -0.487. The molecule has 0 spiro atoms. The van der Waals surface area contributed by atoms with E-state index in [2.05, 4.69) is 15.2 Å². The SMILES string of the molecule is COc1ccccc1CCN1CNc2c(c(=O)[nH]c(=O)n2-c2cccc(Cl)c2C)C1. The average Bonchev–Trinajstić information content (AvgIpc) is 2.75. The molecule has 2 heterocycles. The van der Waals surface area contributed by atoms with Crippen LogP contribution in [-0.4, -0.2) is 34.8 Å². The molecule has 1 aliphatic rings. The van der Waals surface area contributed by atoms with Crippen LogP contribution < -0.4 is 21.3 Å². The number of rotatable bonds is 5. The maximum atomic E-state index is 12.6. The van der Waals surface area contributed by atoms with Gasteiger partial charge < -0.3 is 10.1 Å². The fraction of sp³-hybridized carbons (Fsp3) is 0.273. The van der Waals surface area contributed by atoms with E-state index in [-0.39, 0.29) is 5.56 Å². The van der Waals surface area contributed by atoms with Crippen molar-refractivity contribution in [1.82, 2.24) is 14.5 Å². The van der Waals surface area contributed by atoms with Crippen molar-refractivity contribution in [2.75, 3.05) is 25.6 Å². The van der Waals surface area contributed by atoms with Crippen molar-refractivity contribution in [3.63, 3.8) is 0 Å². The van der Waals surface area contributed by atoms with Crippen LogP contribution in [0.4, 0.5) is 5.82 Å². The summed E-state index contributed by atoms with van der Waals surface area (Å²) < 4.78 is 6.92. The Kier molecular flexibility index (Phi) is 5.65. The first-order chi connectivity index (χ1) is 14.5. The number of ether oxygens (including phenoxy) is 1. The molecule has 0 atom stereocenters. The fourth-order valence-corrected chi connectivity index (χ4v) is 3.96. The van der Waals surface area contributed by atoms with E-state index in [9.17, 15) is 9.59 Å². The average molecular weight is 427 g/mol. The van der Waals surface area contributed by atoms with Crippen LogP contribution in [0.2, 0.25) is 5.02 Å². The summed E-state index contributed by atoms with van der Waals surface area (Å²) in [5.74, 6) is 1.37. The third-order valence-corrected chi connectivity index (χ3v) is 5.84. The van der Waals surface area contributed by atoms with Crippen molar-refractivity contribution in [3.05, 3.63) is 85.0 Å². The molecule has 1 aliphatic heterocycles. The normalized spacial score (nSPS) is 13.6. The number of hydrogen-bond donors (Lipinski definition) is 2. The molecule has 4 rings (SSSR count). The number of aromatic amines is 1. The number of nitrogens with one attached hydrogen (secondary N) is 2. The van der Waals surface area contributed by atoms with E-state index in [0.717, 1.165) is 29.8 Å². The lowest BCUT2D eigenvalue weighted by atomic mass is 10.1. The lowest BCUT2D eigenvalue weighted by Crippen LogP contribution is -2.43. The van der Waals surface area contributed by atoms with Crippen LogP contribution in [0.25, 0.3) is 5.69 Å². The highest BCUT2D eigenvalue weighted by Gasteiger charge is 2.24. The third-order valence-electron chi connectivity index (χ3n) is 5.43. The second kappa shape index (κ2) is 8.38. The molecule has 0 bridgehead atoms. The maximum Gasteiger partial charge on any atom is 0.334 e. The lowest BCUT2D eigenvalue weighted by molar-refractivity contribution is 0.274. The monoisotopic (exact) mass is 426 g/mol. The van der Waals surface area contributed by atoms with Crippen LogP contribution in [0.15, 0.2) is 52.1 Å². The molecule has 156 valence electrons. The number of benzene rings is 2. The van der Waals surface area contributed by atoms with E-state index in [1.54, 1.807) is 19.2 Å². The van der Waals surface area contributed by atoms with Crippen LogP contribution in [0, 0.1) is 6.92 Å². The van der Waals surface area contributed by atoms with E-state index in [4.69, 9.17) is 16.3 Å². The number of fused-ring (bicyclic) bond motifs is 1. The van der Waals surface area contributed by atoms with Crippen molar-refractivity contribution >= 4 is 17.4 Å². The predicted molar refractivity (Wildman–Crippen MR) is 118 cm³/mol. The number of halogens is 1. The zero-order valence-corrected chi connectivity index (χ0v) is 17.6. The molecule has 2 aromatic carbocycles. The molecule has 2 N–H and O–H groups in total. The summed E-state index contributed by atoms with van der Waals surface area (Å²) in [5, 5.41) is 3.83. The summed E-state index contributed by atoms with van der Waals surface area (Å²) in [6.45, 7) is 3.54. The first-order valence-electron chi connectivity index (χ1n) is 9.71. The molecule has 7 nitrogen and oxygen atoms in total. The van der Waals surface area contributed by atoms with Gasteiger partial charge in [-0.3, -0.25) is 14.7 Å². The molecule has 0 amide bonds. The van der Waals surface area contributed by atoms with Crippen LogP contribution >= 0.6 is 11.6 Å². The number of hydrogen-bond acceptors (Lipinski definition) is 5. The Balaban J connectivity index is 1.64. The minimum absolute atomic E-state index is 0.375. The van der Waals surface area contributed by atoms with Gasteiger partial charge in [-0.1, -0.05) is 35.9 Å². The summed E-state index contributed by atoms with van der Waals surface area (Å²) in [6, 6.07) is 13.3. The van der Waals surface area contributed by atoms with E-state index < -0.39 is 5.69 Å². The van der Waals surface area contributed by atoms with Gasteiger partial charge in [-0.2, -0.15) is 0 Å². The minimum Gasteiger partial charge on any atom is -0.496 e. The van der Waals surface area contributed by atoms with Crippen LogP contribution in [0.5, 0.6) is 5.75 Å². The molecule has 3 aromatic rings. The van der Waals surface area contributed by atoms with Crippen molar-refractivity contribution < 1.29 is 4.74 Å². The molecule has 1 aromatic heterocycles. The summed E-state index contributed by atoms with van der Waals surface area (Å²) in [6.07, 6.45) is 0.784. The van der Waals surface area contributed by atoms with Gasteiger partial charge in [0.1, 0.15) is 11.6 Å². The molecule has 8 heteroatoms. The van der Waals surface area contributed by atoms with Crippen molar-refractivity contribution in [3.8, 4) is 11.4 Å². The van der Waals surface area contributed by atoms with E-state index >= 15 is 0 Å². The maximum absolute atomic E-state index is 12.6. The second-order valence-electron chi connectivity index (χ2n) is 7.26. The first-order valence-corrected chi connectivity index (χ1v) is 10.1. The first kappa shape index (κ1) is 20.3. The molecule has 0 radical (unpaired) electrons. The number of methoxy groups -OCH3 is 1. The number of H-pyrrole nitrogens is 1. The fourth-order valence-electron chi connectivity index (χ4n) is 3.79. The molecular formula is C22H23ClN4O3. The van der Waals surface area contributed by atoms with Crippen molar-refractivity contribution in [2.45, 2.75) is 19.9 Å². The number of anilines is 1. The van der Waals surface area contributed by atoms with Gasteiger partial charge in [-0.15, -0.1) is 0 Å². The van der Waals surface area contributed by atoms with Gasteiger partial charge in [-0.05, 0) is 42.7 Å². The van der Waals surface area contributed by atoms with Crippen LogP contribution in [0.3, 0.4) is 0 Å². The van der Waals surface area contributed by atoms with Gasteiger partial charge >= 0.3 is 5.69 Å². The van der Waals surface area contributed by atoms with E-state index in [1.807, 2.05) is 37.3 Å². The summed E-state index contributed by atoms with van der Waals surface area (Å²) in [4.78, 5) is 29.8. The highest BCUT2D eigenvalue weighted by molar-refractivity contribution is 6.31. The van der Waals surface area contributed by atoms with Crippen LogP contribution in [0.1, 0.15) is 16.7 Å². The molecule has 0 saturated heterocycles. The van der Waals surface area contributed by atoms with E-state index in [0.29, 0.717) is 35.3 Å². The molecule has 0 saturated carbocycles. The zero-order valence-electron chi connectivity index (χ0n) is 16.9. The molecule has 0 aliphatic carbocycles. The second-order valence-corrected chi connectivity index (χ2v) is 7.66. The summed E-state index contributed by atoms with van der Waals surface area (Å²) in [7, 11) is 1.66. The molecule has 0 fully saturated rings. The van der Waals surface area contributed by atoms with E-state index in [1.165, 1.54) is 4.57 Å². The van der Waals surface area contributed by atoms with Gasteiger partial charge in [-0.25, -0.2) is 9.36 Å². The highest BCUT2D eigenvalue weighted by Crippen LogP contribution is 2.26. The quantitative estimate of drug-likeness (QED) is 0.655. The molecule has 30 heavy (non-hydrogen) atoms. The zero-order chi connectivity index (χ0) is 21.3. The Morgan fingerprint density at radius 1 is 1.13 bits per heavy atom. The van der Waals surface area contributed by atoms with Gasteiger partial charge in [0, 0.05) is 18.1 Å². The summed E-state index contributed by atoms with van der Waals surface area (Å²) in [5.41, 5.74) is 2.20. The number of nitrogens with zero attached hydrogens (tertiary/aromatic N) is 2. The Morgan fingerprint density at radius 2 is 1.93 bits per heavy atom. The Labute approximate surface area is 178 Å². The lowest BCUT2D eigenvalue weighted by Gasteiger charge is -2.31. The molecule has 0 unspecified atom stereocenters. The topological polar surface area (TPSA) is 79.4 Å². The van der Waals surface area contributed by atoms with Crippen molar-refractivity contribution in [2.24, 2.45) is 0 Å². The largest absolute Gasteiger partial charge is 0.496 e. The predicted octanol–water partition coefficient (Wildman–Crippen LogP) is 2.92. The Bertz CT molecular complexity index is 1200. The third kappa shape index (κ3) is 3.74. The van der Waals surface area contributed by atoms with Gasteiger partial charge in [0.15, 0.2) is 0 Å². The molecular weight excluding hydrogens is 404 g/mol. The van der Waals surface area contributed by atoms with Crippen LogP contribution in [-0.2, 0) is 13.0 Å². The van der Waals surface area contributed by atoms with Crippen molar-refractivity contribution in [1.29, 1.82) is 0 Å². The van der Waals surface area contributed by atoms with Gasteiger partial charge in [0.2, 0.25) is 0 Å². The standard InChI is InChI=1S/C22H23ClN4O3/c1-14-17(23)7-5-8-18(14)27-20-16(21(28)25-22(27)29)12-26(13-24-20)11-10-15-6-3-4-9-19(15)30-2/h3-9,24H,10-13H2,1-2H3,(H,25,28,29). The Morgan fingerprint density at radius 3 is 2.73 bits per heavy atom. The summed E-state index contributed by atoms with van der Waals surface area (Å²) >= 11 is 6.25.